The fraction of sp³-hybridized carbons (Fsp3) is 0.0909. The van der Waals surface area contributed by atoms with E-state index in [4.69, 9.17) is 0 Å². The standard InChI is InChI=1S/C22H17N3O4/c1-13-10-16-19(25(21(13)27)12-14-6-3-2-4-7-14)17(15-8-5-9-23-11-15)24-18(20(16)26)22(28)29/h2-11,26H,12H2,1H3,(H,28,29). The second kappa shape index (κ2) is 7.20. The Hall–Kier alpha value is -4.00. The molecule has 4 aromatic rings. The van der Waals surface area contributed by atoms with Crippen molar-refractivity contribution in [2.24, 2.45) is 0 Å². The molecule has 0 aliphatic rings. The monoisotopic (exact) mass is 387 g/mol. The average molecular weight is 387 g/mol. The lowest BCUT2D eigenvalue weighted by molar-refractivity contribution is 0.0687. The van der Waals surface area contributed by atoms with E-state index in [1.54, 1.807) is 31.5 Å². The van der Waals surface area contributed by atoms with E-state index in [2.05, 4.69) is 9.97 Å². The minimum atomic E-state index is -1.35. The summed E-state index contributed by atoms with van der Waals surface area (Å²) in [6.07, 6.45) is 3.13. The number of aromatic nitrogens is 3. The summed E-state index contributed by atoms with van der Waals surface area (Å²) in [5.74, 6) is -1.82. The Labute approximate surface area is 165 Å². The highest BCUT2D eigenvalue weighted by Gasteiger charge is 2.23. The van der Waals surface area contributed by atoms with Gasteiger partial charge in [-0.2, -0.15) is 0 Å². The van der Waals surface area contributed by atoms with Crippen molar-refractivity contribution < 1.29 is 15.0 Å². The highest BCUT2D eigenvalue weighted by Crippen LogP contribution is 2.34. The van der Waals surface area contributed by atoms with Crippen LogP contribution in [0.5, 0.6) is 5.75 Å². The molecule has 0 saturated heterocycles. The Morgan fingerprint density at radius 1 is 1.14 bits per heavy atom. The second-order valence-electron chi connectivity index (χ2n) is 6.67. The van der Waals surface area contributed by atoms with Gasteiger partial charge in [0.1, 0.15) is 0 Å². The lowest BCUT2D eigenvalue weighted by Gasteiger charge is -2.17. The van der Waals surface area contributed by atoms with Gasteiger partial charge in [0.2, 0.25) is 0 Å². The molecule has 7 nitrogen and oxygen atoms in total. The van der Waals surface area contributed by atoms with E-state index in [9.17, 15) is 19.8 Å². The first-order valence-corrected chi connectivity index (χ1v) is 8.92. The number of pyridine rings is 3. The molecule has 3 heterocycles. The van der Waals surface area contributed by atoms with Crippen molar-refractivity contribution in [1.82, 2.24) is 14.5 Å². The van der Waals surface area contributed by atoms with Crippen molar-refractivity contribution in [2.45, 2.75) is 13.5 Å². The van der Waals surface area contributed by atoms with Gasteiger partial charge < -0.3 is 14.8 Å². The fourth-order valence-corrected chi connectivity index (χ4v) is 3.36. The number of aryl methyl sites for hydroxylation is 1. The summed E-state index contributed by atoms with van der Waals surface area (Å²) < 4.78 is 1.51. The highest BCUT2D eigenvalue weighted by atomic mass is 16.4. The maximum atomic E-state index is 13.0. The van der Waals surface area contributed by atoms with Crippen molar-refractivity contribution >= 4 is 16.9 Å². The van der Waals surface area contributed by atoms with Gasteiger partial charge in [0.05, 0.1) is 17.8 Å². The molecule has 7 heteroatoms. The number of aromatic carboxylic acids is 1. The first-order chi connectivity index (χ1) is 14.0. The first kappa shape index (κ1) is 18.4. The van der Waals surface area contributed by atoms with Gasteiger partial charge in [0.25, 0.3) is 5.56 Å². The summed E-state index contributed by atoms with van der Waals surface area (Å²) in [6.45, 7) is 1.88. The molecule has 2 N–H and O–H groups in total. The van der Waals surface area contributed by atoms with Crippen LogP contribution >= 0.6 is 0 Å². The van der Waals surface area contributed by atoms with Crippen LogP contribution in [0.1, 0.15) is 21.6 Å². The number of rotatable bonds is 4. The largest absolute Gasteiger partial charge is 0.505 e. The molecule has 0 unspecified atom stereocenters. The summed E-state index contributed by atoms with van der Waals surface area (Å²) in [6, 6.07) is 14.3. The highest BCUT2D eigenvalue weighted by molar-refractivity contribution is 6.02. The number of nitrogens with zero attached hydrogens (tertiary/aromatic N) is 3. The lowest BCUT2D eigenvalue weighted by atomic mass is 10.0. The minimum absolute atomic E-state index is 0.240. The number of hydrogen-bond donors (Lipinski definition) is 2. The van der Waals surface area contributed by atoms with E-state index in [-0.39, 0.29) is 23.2 Å². The van der Waals surface area contributed by atoms with Crippen LogP contribution in [0, 0.1) is 6.92 Å². The number of carbonyl (C=O) groups is 1. The number of hydrogen-bond acceptors (Lipinski definition) is 5. The third kappa shape index (κ3) is 3.23. The molecule has 0 spiro atoms. The normalized spacial score (nSPS) is 10.9. The molecule has 0 saturated carbocycles. The zero-order valence-electron chi connectivity index (χ0n) is 15.5. The molecule has 0 fully saturated rings. The zero-order chi connectivity index (χ0) is 20.5. The minimum Gasteiger partial charge on any atom is -0.505 e. The molecule has 3 aromatic heterocycles. The Balaban J connectivity index is 2.14. The Kier molecular flexibility index (Phi) is 4.56. The molecule has 0 amide bonds. The Morgan fingerprint density at radius 2 is 1.90 bits per heavy atom. The predicted molar refractivity (Wildman–Crippen MR) is 108 cm³/mol. The number of benzene rings is 1. The Bertz CT molecular complexity index is 1280. The molecular formula is C22H17N3O4. The van der Waals surface area contributed by atoms with Crippen LogP contribution in [-0.4, -0.2) is 30.7 Å². The van der Waals surface area contributed by atoms with Crippen molar-refractivity contribution in [3.63, 3.8) is 0 Å². The second-order valence-corrected chi connectivity index (χ2v) is 6.67. The van der Waals surface area contributed by atoms with E-state index in [1.807, 2.05) is 30.3 Å². The van der Waals surface area contributed by atoms with Gasteiger partial charge in [-0.05, 0) is 30.7 Å². The van der Waals surface area contributed by atoms with Gasteiger partial charge in [0.15, 0.2) is 11.4 Å². The van der Waals surface area contributed by atoms with Gasteiger partial charge in [-0.1, -0.05) is 30.3 Å². The summed E-state index contributed by atoms with van der Waals surface area (Å²) in [4.78, 5) is 33.0. The molecule has 0 radical (unpaired) electrons. The van der Waals surface area contributed by atoms with Crippen LogP contribution in [0.2, 0.25) is 0 Å². The molecule has 0 bridgehead atoms. The summed E-state index contributed by atoms with van der Waals surface area (Å²) in [5.41, 5.74) is 1.75. The topological polar surface area (TPSA) is 105 Å². The quantitative estimate of drug-likeness (QED) is 0.557. The summed E-state index contributed by atoms with van der Waals surface area (Å²) in [7, 11) is 0. The number of fused-ring (bicyclic) bond motifs is 1. The van der Waals surface area contributed by atoms with E-state index < -0.39 is 17.4 Å². The molecule has 0 aliphatic carbocycles. The molecular weight excluding hydrogens is 370 g/mol. The lowest BCUT2D eigenvalue weighted by Crippen LogP contribution is -2.24. The van der Waals surface area contributed by atoms with E-state index >= 15 is 0 Å². The van der Waals surface area contributed by atoms with Crippen LogP contribution < -0.4 is 5.56 Å². The van der Waals surface area contributed by atoms with Crippen molar-refractivity contribution in [1.29, 1.82) is 0 Å². The summed E-state index contributed by atoms with van der Waals surface area (Å²) >= 11 is 0. The van der Waals surface area contributed by atoms with Crippen molar-refractivity contribution in [3.05, 3.63) is 88.1 Å². The van der Waals surface area contributed by atoms with Crippen LogP contribution in [-0.2, 0) is 6.54 Å². The molecule has 4 rings (SSSR count). The number of carboxylic acids is 1. The first-order valence-electron chi connectivity index (χ1n) is 8.92. The third-order valence-electron chi connectivity index (χ3n) is 4.72. The molecule has 144 valence electrons. The van der Waals surface area contributed by atoms with Crippen LogP contribution in [0.15, 0.2) is 65.7 Å². The predicted octanol–water partition coefficient (Wildman–Crippen LogP) is 3.22. The van der Waals surface area contributed by atoms with Gasteiger partial charge in [0, 0.05) is 28.9 Å². The third-order valence-corrected chi connectivity index (χ3v) is 4.72. The van der Waals surface area contributed by atoms with E-state index in [1.165, 1.54) is 10.6 Å². The van der Waals surface area contributed by atoms with E-state index in [0.29, 0.717) is 16.6 Å². The van der Waals surface area contributed by atoms with E-state index in [0.717, 1.165) is 5.56 Å². The number of carboxylic acid groups (broad SMARTS) is 1. The molecule has 0 atom stereocenters. The van der Waals surface area contributed by atoms with Crippen LogP contribution in [0.25, 0.3) is 22.2 Å². The van der Waals surface area contributed by atoms with Crippen LogP contribution in [0.4, 0.5) is 0 Å². The van der Waals surface area contributed by atoms with Gasteiger partial charge in [-0.15, -0.1) is 0 Å². The average Bonchev–Trinajstić information content (AvgIpc) is 2.73. The molecule has 1 aromatic carbocycles. The van der Waals surface area contributed by atoms with Crippen molar-refractivity contribution in [3.8, 4) is 17.0 Å². The maximum absolute atomic E-state index is 13.0. The van der Waals surface area contributed by atoms with Crippen molar-refractivity contribution in [2.75, 3.05) is 0 Å². The smallest absolute Gasteiger partial charge is 0.358 e. The SMILES string of the molecule is Cc1cc2c(O)c(C(=O)O)nc(-c3cccnc3)c2n(Cc2ccccc2)c1=O. The number of aromatic hydroxyl groups is 1. The Morgan fingerprint density at radius 3 is 2.55 bits per heavy atom. The van der Waals surface area contributed by atoms with Gasteiger partial charge in [-0.25, -0.2) is 9.78 Å². The maximum Gasteiger partial charge on any atom is 0.358 e. The van der Waals surface area contributed by atoms with Gasteiger partial charge in [-0.3, -0.25) is 9.78 Å². The zero-order valence-corrected chi connectivity index (χ0v) is 15.5. The molecule has 0 aliphatic heterocycles. The fourth-order valence-electron chi connectivity index (χ4n) is 3.36. The van der Waals surface area contributed by atoms with Crippen LogP contribution in [0.3, 0.4) is 0 Å². The summed E-state index contributed by atoms with van der Waals surface area (Å²) in [5, 5.41) is 20.4. The van der Waals surface area contributed by atoms with Gasteiger partial charge >= 0.3 is 5.97 Å². The molecule has 29 heavy (non-hydrogen) atoms.